The minimum absolute atomic E-state index is 0.125. The van der Waals surface area contributed by atoms with Crippen LogP contribution in [0, 0.1) is 5.92 Å². The number of piperidine rings is 1. The zero-order valence-electron chi connectivity index (χ0n) is 17.1. The van der Waals surface area contributed by atoms with Crippen LogP contribution in [0.5, 0.6) is 0 Å². The molecule has 0 N–H and O–H groups in total. The molecule has 1 spiro atoms. The van der Waals surface area contributed by atoms with Gasteiger partial charge in [0.1, 0.15) is 11.5 Å². The van der Waals surface area contributed by atoms with Crippen LogP contribution in [0.2, 0.25) is 5.02 Å². The summed E-state index contributed by atoms with van der Waals surface area (Å²) in [5, 5.41) is 2.05. The number of halogens is 1. The first-order valence-corrected chi connectivity index (χ1v) is 10.4. The van der Waals surface area contributed by atoms with Gasteiger partial charge in [-0.1, -0.05) is 23.7 Å². The van der Waals surface area contributed by atoms with Gasteiger partial charge in [-0.2, -0.15) is 0 Å². The molecule has 30 heavy (non-hydrogen) atoms. The van der Waals surface area contributed by atoms with Gasteiger partial charge in [0.15, 0.2) is 0 Å². The number of rotatable bonds is 5. The highest BCUT2D eigenvalue weighted by Gasteiger charge is 2.58. The molecule has 1 atom stereocenters. The van der Waals surface area contributed by atoms with E-state index >= 15 is 0 Å². The Morgan fingerprint density at radius 1 is 1.20 bits per heavy atom. The molecule has 0 bridgehead atoms. The fourth-order valence-electron chi connectivity index (χ4n) is 4.70. The van der Waals surface area contributed by atoms with Crippen LogP contribution in [0.4, 0.5) is 0 Å². The molecule has 4 rings (SSSR count). The zero-order chi connectivity index (χ0) is 21.3. The summed E-state index contributed by atoms with van der Waals surface area (Å²) in [7, 11) is 2.84. The fourth-order valence-corrected chi connectivity index (χ4v) is 4.93. The summed E-state index contributed by atoms with van der Waals surface area (Å²) in [6, 6.07) is 11.5. The molecule has 7 nitrogen and oxygen atoms in total. The number of methoxy groups -OCH3 is 1. The molecule has 1 aromatic carbocycles. The van der Waals surface area contributed by atoms with Gasteiger partial charge >= 0.3 is 5.97 Å². The first kappa shape index (κ1) is 20.9. The summed E-state index contributed by atoms with van der Waals surface area (Å²) in [4.78, 5) is 32.4. The Hall–Kier alpha value is -2.35. The number of hydroxylamine groups is 2. The smallest absolute Gasteiger partial charge is 0.311 e. The molecular weight excluding hydrogens is 408 g/mol. The third-order valence-electron chi connectivity index (χ3n) is 6.23. The van der Waals surface area contributed by atoms with Crippen molar-refractivity contribution in [1.29, 1.82) is 0 Å². The molecule has 2 aliphatic heterocycles. The normalized spacial score (nSPS) is 21.4. The Bertz CT molecular complexity index is 933. The van der Waals surface area contributed by atoms with Crippen LogP contribution in [-0.2, 0) is 25.7 Å². The van der Waals surface area contributed by atoms with Gasteiger partial charge in [-0.25, -0.2) is 5.06 Å². The lowest BCUT2D eigenvalue weighted by Gasteiger charge is -2.45. The van der Waals surface area contributed by atoms with Crippen LogP contribution in [-0.4, -0.2) is 54.7 Å². The minimum atomic E-state index is -0.651. The molecule has 0 saturated carbocycles. The topological polar surface area (TPSA) is 72.2 Å². The standard InChI is InChI=1S/C22H25ClN2O5/c1-28-21(27)17-13-20(26)25(29-2)22(17)9-11-24(12-10-22)14-15-7-8-19(30-15)16-5-3-4-6-18(16)23/h3-8,17H,9-14H2,1-2H3. The predicted octanol–water partition coefficient (Wildman–Crippen LogP) is 3.52. The number of carbonyl (C=O) groups excluding carboxylic acids is 2. The number of likely N-dealkylation sites (tertiary alicyclic amines) is 1. The third kappa shape index (κ3) is 3.62. The van der Waals surface area contributed by atoms with Crippen molar-refractivity contribution >= 4 is 23.5 Å². The van der Waals surface area contributed by atoms with Gasteiger partial charge in [-0.3, -0.25) is 19.3 Å². The first-order chi connectivity index (χ1) is 14.5. The number of esters is 1. The van der Waals surface area contributed by atoms with Gasteiger partial charge in [-0.05, 0) is 37.1 Å². The van der Waals surface area contributed by atoms with Crippen LogP contribution in [0.25, 0.3) is 11.3 Å². The van der Waals surface area contributed by atoms with E-state index in [1.165, 1.54) is 19.3 Å². The summed E-state index contributed by atoms with van der Waals surface area (Å²) < 4.78 is 11.0. The lowest BCUT2D eigenvalue weighted by Crippen LogP contribution is -2.56. The summed E-state index contributed by atoms with van der Waals surface area (Å²) in [6.07, 6.45) is 1.38. The van der Waals surface area contributed by atoms with Crippen LogP contribution < -0.4 is 0 Å². The van der Waals surface area contributed by atoms with Crippen LogP contribution >= 0.6 is 11.6 Å². The second-order valence-electron chi connectivity index (χ2n) is 7.78. The van der Waals surface area contributed by atoms with E-state index in [0.29, 0.717) is 37.5 Å². The van der Waals surface area contributed by atoms with Crippen molar-refractivity contribution in [1.82, 2.24) is 9.96 Å². The van der Waals surface area contributed by atoms with Crippen molar-refractivity contribution in [3.8, 4) is 11.3 Å². The number of benzene rings is 1. The summed E-state index contributed by atoms with van der Waals surface area (Å²) >= 11 is 6.27. The Balaban J connectivity index is 1.45. The maximum atomic E-state index is 12.4. The van der Waals surface area contributed by atoms with Crippen molar-refractivity contribution in [2.45, 2.75) is 31.3 Å². The third-order valence-corrected chi connectivity index (χ3v) is 6.56. The molecule has 1 aromatic heterocycles. The minimum Gasteiger partial charge on any atom is -0.469 e. The predicted molar refractivity (Wildman–Crippen MR) is 110 cm³/mol. The first-order valence-electron chi connectivity index (χ1n) is 9.99. The monoisotopic (exact) mass is 432 g/mol. The van der Waals surface area contributed by atoms with Crippen LogP contribution in [0.15, 0.2) is 40.8 Å². The highest BCUT2D eigenvalue weighted by molar-refractivity contribution is 6.33. The Labute approximate surface area is 180 Å². The van der Waals surface area contributed by atoms with Gasteiger partial charge in [0.25, 0.3) is 0 Å². The van der Waals surface area contributed by atoms with E-state index in [4.69, 9.17) is 25.6 Å². The van der Waals surface area contributed by atoms with Crippen LogP contribution in [0.3, 0.4) is 0 Å². The maximum absolute atomic E-state index is 12.4. The van der Waals surface area contributed by atoms with Gasteiger partial charge in [0.2, 0.25) is 5.91 Å². The van der Waals surface area contributed by atoms with Crippen molar-refractivity contribution in [2.75, 3.05) is 27.3 Å². The van der Waals surface area contributed by atoms with E-state index in [-0.39, 0.29) is 18.3 Å². The van der Waals surface area contributed by atoms with E-state index < -0.39 is 11.5 Å². The van der Waals surface area contributed by atoms with Crippen LogP contribution in [0.1, 0.15) is 25.0 Å². The Kier molecular flexibility index (Phi) is 5.86. The molecule has 0 radical (unpaired) electrons. The molecule has 3 heterocycles. The molecule has 8 heteroatoms. The van der Waals surface area contributed by atoms with E-state index in [1.54, 1.807) is 0 Å². The second kappa shape index (κ2) is 8.41. The van der Waals surface area contributed by atoms with Gasteiger partial charge in [0, 0.05) is 25.1 Å². The molecule has 1 amide bonds. The molecule has 2 fully saturated rings. The second-order valence-corrected chi connectivity index (χ2v) is 8.18. The number of nitrogens with zero attached hydrogens (tertiary/aromatic N) is 2. The molecule has 2 saturated heterocycles. The SMILES string of the molecule is COC(=O)C1CC(=O)N(OC)C12CCN(Cc1ccc(-c3ccccc3Cl)o1)CC2. The number of carbonyl (C=O) groups is 2. The Morgan fingerprint density at radius 2 is 1.93 bits per heavy atom. The van der Waals surface area contributed by atoms with Gasteiger partial charge in [-0.15, -0.1) is 0 Å². The van der Waals surface area contributed by atoms with E-state index in [9.17, 15) is 9.59 Å². The molecule has 2 aliphatic rings. The molecule has 160 valence electrons. The van der Waals surface area contributed by atoms with E-state index in [2.05, 4.69) is 4.90 Å². The van der Waals surface area contributed by atoms with Crippen molar-refractivity contribution in [3.63, 3.8) is 0 Å². The van der Waals surface area contributed by atoms with E-state index in [1.807, 2.05) is 36.4 Å². The Morgan fingerprint density at radius 3 is 2.60 bits per heavy atom. The summed E-state index contributed by atoms with van der Waals surface area (Å²) in [6.45, 7) is 2.07. The highest BCUT2D eigenvalue weighted by Crippen LogP contribution is 2.44. The van der Waals surface area contributed by atoms with E-state index in [0.717, 1.165) is 17.1 Å². The number of amides is 1. The highest BCUT2D eigenvalue weighted by atomic mass is 35.5. The summed E-state index contributed by atoms with van der Waals surface area (Å²) in [5.41, 5.74) is 0.213. The number of hydrogen-bond donors (Lipinski definition) is 0. The molecule has 2 aromatic rings. The lowest BCUT2D eigenvalue weighted by molar-refractivity contribution is -0.210. The van der Waals surface area contributed by atoms with Crippen molar-refractivity contribution < 1.29 is 23.6 Å². The number of ether oxygens (including phenoxy) is 1. The maximum Gasteiger partial charge on any atom is 0.311 e. The largest absolute Gasteiger partial charge is 0.469 e. The quantitative estimate of drug-likeness (QED) is 0.673. The van der Waals surface area contributed by atoms with Crippen molar-refractivity contribution in [3.05, 3.63) is 47.2 Å². The van der Waals surface area contributed by atoms with Gasteiger partial charge < -0.3 is 9.15 Å². The number of furan rings is 1. The average Bonchev–Trinajstić information content (AvgIpc) is 3.32. The lowest BCUT2D eigenvalue weighted by atomic mass is 9.77. The molecule has 0 aliphatic carbocycles. The zero-order valence-corrected chi connectivity index (χ0v) is 17.9. The average molecular weight is 433 g/mol. The fraction of sp³-hybridized carbons (Fsp3) is 0.455. The molecular formula is C22H25ClN2O5. The molecule has 1 unspecified atom stereocenters. The summed E-state index contributed by atoms with van der Waals surface area (Å²) in [5.74, 6) is 0.550. The van der Waals surface area contributed by atoms with Gasteiger partial charge in [0.05, 0.1) is 37.2 Å². The number of hydrogen-bond acceptors (Lipinski definition) is 6. The van der Waals surface area contributed by atoms with Crippen molar-refractivity contribution in [2.24, 2.45) is 5.92 Å².